The number of hydrogen-bond acceptors (Lipinski definition) is 3. The van der Waals surface area contributed by atoms with Crippen molar-refractivity contribution in [3.05, 3.63) is 0 Å². The second-order valence-electron chi connectivity index (χ2n) is 16.0. The third-order valence-electron chi connectivity index (χ3n) is 12.5. The third-order valence-corrected chi connectivity index (χ3v) is 12.5. The Morgan fingerprint density at radius 1 is 0.810 bits per heavy atom. The van der Waals surface area contributed by atoms with Crippen LogP contribution in [0.4, 0.5) is 0 Å². The number of carboxylic acids is 2. The molecule has 0 spiro atoms. The Labute approximate surface area is 255 Å². The van der Waals surface area contributed by atoms with Crippen molar-refractivity contribution < 1.29 is 24.6 Å². The molecular weight excluding hydrogens is 526 g/mol. The van der Waals surface area contributed by atoms with Gasteiger partial charge in [0.15, 0.2) is 0 Å². The molecule has 0 aromatic rings. The van der Waals surface area contributed by atoms with E-state index in [0.717, 1.165) is 36.0 Å². The first-order chi connectivity index (χ1) is 20.0. The lowest BCUT2D eigenvalue weighted by molar-refractivity contribution is -0.167. The van der Waals surface area contributed by atoms with Crippen molar-refractivity contribution >= 4 is 17.8 Å². The number of carbonyl (C=O) groups is 3. The molecule has 5 rings (SSSR count). The van der Waals surface area contributed by atoms with E-state index < -0.39 is 29.7 Å². The molecule has 9 unspecified atom stereocenters. The van der Waals surface area contributed by atoms with Crippen molar-refractivity contribution in [2.75, 3.05) is 6.54 Å². The summed E-state index contributed by atoms with van der Waals surface area (Å²) in [6.45, 7) is 12.3. The zero-order chi connectivity index (χ0) is 30.6. The predicted octanol–water partition coefficient (Wildman–Crippen LogP) is 8.04. The van der Waals surface area contributed by atoms with Crippen LogP contribution in [0.5, 0.6) is 0 Å². The molecule has 1 amide bonds. The molecule has 0 aromatic carbocycles. The lowest BCUT2D eigenvalue weighted by Gasteiger charge is -2.40. The molecule has 0 aliphatic heterocycles. The normalized spacial score (nSPS) is 35.6. The van der Waals surface area contributed by atoms with Gasteiger partial charge in [-0.2, -0.15) is 0 Å². The van der Waals surface area contributed by atoms with Gasteiger partial charge in [0.2, 0.25) is 5.91 Å². The Morgan fingerprint density at radius 3 is 2.00 bits per heavy atom. The summed E-state index contributed by atoms with van der Waals surface area (Å²) in [6.07, 6.45) is 18.8. The van der Waals surface area contributed by atoms with Crippen molar-refractivity contribution in [2.45, 2.75) is 131 Å². The van der Waals surface area contributed by atoms with E-state index in [4.69, 9.17) is 0 Å². The van der Waals surface area contributed by atoms with Crippen LogP contribution in [-0.4, -0.2) is 34.6 Å². The molecule has 6 heteroatoms. The van der Waals surface area contributed by atoms with Crippen LogP contribution in [0.25, 0.3) is 0 Å². The Hall–Kier alpha value is -1.59. The van der Waals surface area contributed by atoms with Gasteiger partial charge in [-0.05, 0) is 97.7 Å². The van der Waals surface area contributed by atoms with Crippen molar-refractivity contribution in [2.24, 2.45) is 70.5 Å². The van der Waals surface area contributed by atoms with Crippen LogP contribution in [-0.2, 0) is 14.4 Å². The van der Waals surface area contributed by atoms with Gasteiger partial charge in [0.25, 0.3) is 0 Å². The summed E-state index contributed by atoms with van der Waals surface area (Å²) < 4.78 is 0. The number of nitrogens with one attached hydrogen (secondary N) is 1. The van der Waals surface area contributed by atoms with Gasteiger partial charge in [0.1, 0.15) is 0 Å². The molecule has 5 aliphatic rings. The van der Waals surface area contributed by atoms with E-state index in [1.807, 2.05) is 0 Å². The van der Waals surface area contributed by atoms with Crippen LogP contribution in [0.3, 0.4) is 0 Å². The van der Waals surface area contributed by atoms with Gasteiger partial charge < -0.3 is 15.5 Å². The van der Waals surface area contributed by atoms with Crippen molar-refractivity contribution in [1.29, 1.82) is 0 Å². The Morgan fingerprint density at radius 2 is 1.43 bits per heavy atom. The minimum absolute atomic E-state index is 0.0461. The topological polar surface area (TPSA) is 104 Å². The highest BCUT2D eigenvalue weighted by Gasteiger charge is 2.55. The summed E-state index contributed by atoms with van der Waals surface area (Å²) in [7, 11) is 0. The fraction of sp³-hybridized carbons (Fsp3) is 0.917. The molecule has 5 saturated carbocycles. The fourth-order valence-electron chi connectivity index (χ4n) is 10.1. The average Bonchev–Trinajstić information content (AvgIpc) is 3.58. The van der Waals surface area contributed by atoms with Crippen LogP contribution in [0.1, 0.15) is 131 Å². The largest absolute Gasteiger partial charge is 0.481 e. The predicted molar refractivity (Wildman–Crippen MR) is 167 cm³/mol. The van der Waals surface area contributed by atoms with Gasteiger partial charge in [0, 0.05) is 6.54 Å². The molecule has 0 aromatic heterocycles. The average molecular weight is 588 g/mol. The molecule has 5 aliphatic carbocycles. The van der Waals surface area contributed by atoms with Crippen molar-refractivity contribution in [3.63, 3.8) is 0 Å². The molecule has 2 bridgehead atoms. The maximum Gasteiger partial charge on any atom is 0.307 e. The van der Waals surface area contributed by atoms with E-state index in [1.165, 1.54) is 83.5 Å². The van der Waals surface area contributed by atoms with E-state index in [1.54, 1.807) is 0 Å². The number of hydrogen-bond donors (Lipinski definition) is 3. The zero-order valence-corrected chi connectivity index (χ0v) is 27.3. The van der Waals surface area contributed by atoms with Crippen LogP contribution < -0.4 is 5.32 Å². The number of aliphatic carboxylic acids is 2. The van der Waals surface area contributed by atoms with E-state index >= 15 is 0 Å². The number of unbranched alkanes of at least 4 members (excludes halogenated alkanes) is 2. The maximum atomic E-state index is 13.1. The van der Waals surface area contributed by atoms with Crippen LogP contribution in [0, 0.1) is 70.5 Å². The molecule has 240 valence electrons. The molecular formula is C36H61NO5. The minimum Gasteiger partial charge on any atom is -0.481 e. The highest BCUT2D eigenvalue weighted by molar-refractivity contribution is 5.92. The molecule has 0 saturated heterocycles. The van der Waals surface area contributed by atoms with E-state index in [0.29, 0.717) is 24.3 Å². The molecule has 9 atom stereocenters. The second kappa shape index (κ2) is 14.5. The smallest absolute Gasteiger partial charge is 0.307 e. The van der Waals surface area contributed by atoms with Gasteiger partial charge in [-0.1, -0.05) is 86.0 Å². The Balaban J connectivity index is 1.31. The lowest BCUT2D eigenvalue weighted by atomic mass is 9.64. The van der Waals surface area contributed by atoms with Crippen molar-refractivity contribution in [1.82, 2.24) is 5.32 Å². The molecule has 5 fully saturated rings. The fourth-order valence-corrected chi connectivity index (χ4v) is 10.1. The van der Waals surface area contributed by atoms with E-state index in [-0.39, 0.29) is 17.7 Å². The third kappa shape index (κ3) is 7.54. The molecule has 6 nitrogen and oxygen atoms in total. The van der Waals surface area contributed by atoms with Crippen LogP contribution in [0.2, 0.25) is 0 Å². The summed E-state index contributed by atoms with van der Waals surface area (Å²) in [5.74, 6) is 0.826. The molecule has 0 heterocycles. The van der Waals surface area contributed by atoms with Gasteiger partial charge in [-0.25, -0.2) is 0 Å². The second-order valence-corrected chi connectivity index (χ2v) is 16.0. The summed E-state index contributed by atoms with van der Waals surface area (Å²) in [5, 5.41) is 22.0. The maximum absolute atomic E-state index is 13.1. The number of carbonyl (C=O) groups excluding carboxylic acids is 1. The summed E-state index contributed by atoms with van der Waals surface area (Å²) in [5.41, 5.74) is 0.215. The standard InChI is InChI=1S/C36H61NO5/c1-6-8-11-22(12-9-7-2)13-10-14-26-24-17-25(27(26)18-24)19-28-23(15-16-31(28)36(3,4)5)21-37-33(38)32-29(34(39)40)20-30(32)35(41)42/h22-32H,6-21H2,1-5H3,(H,37,38)(H,39,40)(H,41,42). The highest BCUT2D eigenvalue weighted by atomic mass is 16.4. The SMILES string of the molecule is CCCCC(CCCC)CCCC1C2CC(CC3C(CNC(=O)C4C(C(=O)O)CC4C(=O)O)CCC3C(C)(C)C)C1C2. The number of amides is 1. The first kappa shape index (κ1) is 33.3. The van der Waals surface area contributed by atoms with Gasteiger partial charge >= 0.3 is 11.9 Å². The van der Waals surface area contributed by atoms with Gasteiger partial charge in [-0.15, -0.1) is 0 Å². The summed E-state index contributed by atoms with van der Waals surface area (Å²) in [6, 6.07) is 0. The number of rotatable bonds is 17. The van der Waals surface area contributed by atoms with Gasteiger partial charge in [0.05, 0.1) is 17.8 Å². The lowest BCUT2D eigenvalue weighted by Crippen LogP contribution is -2.53. The molecule has 42 heavy (non-hydrogen) atoms. The van der Waals surface area contributed by atoms with Crippen LogP contribution >= 0.6 is 0 Å². The quantitative estimate of drug-likeness (QED) is 0.160. The molecule has 3 N–H and O–H groups in total. The Kier molecular flexibility index (Phi) is 11.5. The Bertz CT molecular complexity index is 898. The van der Waals surface area contributed by atoms with Crippen LogP contribution in [0.15, 0.2) is 0 Å². The summed E-state index contributed by atoms with van der Waals surface area (Å²) in [4.78, 5) is 36.3. The first-order valence-corrected chi connectivity index (χ1v) is 17.7. The van der Waals surface area contributed by atoms with E-state index in [2.05, 4.69) is 39.9 Å². The monoisotopic (exact) mass is 587 g/mol. The number of fused-ring (bicyclic) bond motifs is 1. The van der Waals surface area contributed by atoms with E-state index in [9.17, 15) is 24.6 Å². The first-order valence-electron chi connectivity index (χ1n) is 17.7. The van der Waals surface area contributed by atoms with Gasteiger partial charge in [-0.3, -0.25) is 14.4 Å². The number of carboxylic acid groups (broad SMARTS) is 2. The molecule has 0 radical (unpaired) electrons. The highest BCUT2D eigenvalue weighted by Crippen LogP contribution is 2.62. The summed E-state index contributed by atoms with van der Waals surface area (Å²) >= 11 is 0. The minimum atomic E-state index is -1.06. The zero-order valence-electron chi connectivity index (χ0n) is 27.3. The van der Waals surface area contributed by atoms with Crippen molar-refractivity contribution in [3.8, 4) is 0 Å².